The summed E-state index contributed by atoms with van der Waals surface area (Å²) in [5.74, 6) is 0.903. The molecule has 4 nitrogen and oxygen atoms in total. The van der Waals surface area contributed by atoms with Gasteiger partial charge in [0.25, 0.3) is 0 Å². The summed E-state index contributed by atoms with van der Waals surface area (Å²) in [5.41, 5.74) is 5.97. The van der Waals surface area contributed by atoms with Crippen molar-refractivity contribution in [1.82, 2.24) is 10.2 Å². The van der Waals surface area contributed by atoms with Gasteiger partial charge < -0.3 is 16.0 Å². The minimum absolute atomic E-state index is 0.231. The first-order chi connectivity index (χ1) is 8.63. The fraction of sp³-hybridized carbons (Fsp3) is 0.929. The van der Waals surface area contributed by atoms with E-state index in [4.69, 9.17) is 5.73 Å². The molecule has 1 saturated heterocycles. The van der Waals surface area contributed by atoms with E-state index in [1.807, 2.05) is 0 Å². The van der Waals surface area contributed by atoms with E-state index >= 15 is 0 Å². The van der Waals surface area contributed by atoms with Crippen LogP contribution in [0.5, 0.6) is 0 Å². The van der Waals surface area contributed by atoms with Crippen molar-refractivity contribution in [3.63, 3.8) is 0 Å². The molecule has 1 amide bonds. The molecule has 2 aliphatic rings. The van der Waals surface area contributed by atoms with Gasteiger partial charge in [-0.3, -0.25) is 4.79 Å². The molecule has 0 aromatic rings. The molecule has 2 fully saturated rings. The average Bonchev–Trinajstić information content (AvgIpc) is 2.72. The van der Waals surface area contributed by atoms with E-state index in [0.717, 1.165) is 38.8 Å². The highest BCUT2D eigenvalue weighted by molar-refractivity contribution is 5.76. The lowest BCUT2D eigenvalue weighted by atomic mass is 9.83. The number of nitrogens with zero attached hydrogens (tertiary/aromatic N) is 1. The lowest BCUT2D eigenvalue weighted by molar-refractivity contribution is -0.122. The normalized spacial score (nSPS) is 33.6. The summed E-state index contributed by atoms with van der Waals surface area (Å²) in [4.78, 5) is 14.1. The Balaban J connectivity index is 1.62. The Labute approximate surface area is 110 Å². The third-order valence-electron chi connectivity index (χ3n) is 4.36. The molecule has 1 aliphatic heterocycles. The van der Waals surface area contributed by atoms with Crippen LogP contribution in [0.2, 0.25) is 0 Å². The van der Waals surface area contributed by atoms with E-state index in [9.17, 15) is 4.79 Å². The number of rotatable bonds is 4. The molecule has 1 saturated carbocycles. The predicted molar refractivity (Wildman–Crippen MR) is 73.2 cm³/mol. The second-order valence-electron chi connectivity index (χ2n) is 6.15. The zero-order chi connectivity index (χ0) is 13.0. The minimum atomic E-state index is 0.231. The highest BCUT2D eigenvalue weighted by Gasteiger charge is 2.23. The third-order valence-corrected chi connectivity index (χ3v) is 4.36. The number of carbonyl (C=O) groups excluding carboxylic acids is 1. The molecule has 3 N–H and O–H groups in total. The van der Waals surface area contributed by atoms with Gasteiger partial charge in [0, 0.05) is 25.0 Å². The summed E-state index contributed by atoms with van der Waals surface area (Å²) in [6, 6.07) is 0.742. The number of amides is 1. The van der Waals surface area contributed by atoms with E-state index in [2.05, 4.69) is 17.3 Å². The van der Waals surface area contributed by atoms with Crippen LogP contribution in [-0.2, 0) is 4.79 Å². The van der Waals surface area contributed by atoms with E-state index in [0.29, 0.717) is 24.4 Å². The Morgan fingerprint density at radius 2 is 2.22 bits per heavy atom. The maximum atomic E-state index is 11.9. The number of likely N-dealkylation sites (N-methyl/N-ethyl adjacent to an activating group) is 1. The number of hydrogen-bond acceptors (Lipinski definition) is 3. The summed E-state index contributed by atoms with van der Waals surface area (Å²) in [6.07, 6.45) is 7.56. The van der Waals surface area contributed by atoms with Crippen LogP contribution in [0.4, 0.5) is 0 Å². The fourth-order valence-corrected chi connectivity index (χ4v) is 3.28. The lowest BCUT2D eigenvalue weighted by Gasteiger charge is -2.26. The topological polar surface area (TPSA) is 58.4 Å². The molecule has 104 valence electrons. The molecule has 1 aliphatic carbocycles. The first kappa shape index (κ1) is 13.8. The standard InChI is InChI=1S/C14H27N3O/c1-17-8-7-13(10-17)16-14(18)6-5-11-3-2-4-12(15)9-11/h11-13H,2-10,15H2,1H3,(H,16,18). The Morgan fingerprint density at radius 3 is 2.89 bits per heavy atom. The maximum Gasteiger partial charge on any atom is 0.220 e. The quantitative estimate of drug-likeness (QED) is 0.789. The molecule has 18 heavy (non-hydrogen) atoms. The molecule has 0 radical (unpaired) electrons. The van der Waals surface area contributed by atoms with Crippen LogP contribution in [0.3, 0.4) is 0 Å². The van der Waals surface area contributed by atoms with Gasteiger partial charge >= 0.3 is 0 Å². The van der Waals surface area contributed by atoms with Crippen LogP contribution in [0.1, 0.15) is 44.9 Å². The number of hydrogen-bond donors (Lipinski definition) is 2. The van der Waals surface area contributed by atoms with Gasteiger partial charge in [0.15, 0.2) is 0 Å². The molecular weight excluding hydrogens is 226 g/mol. The predicted octanol–water partition coefficient (Wildman–Crippen LogP) is 1.10. The van der Waals surface area contributed by atoms with Crippen molar-refractivity contribution in [2.75, 3.05) is 20.1 Å². The zero-order valence-electron chi connectivity index (χ0n) is 11.5. The van der Waals surface area contributed by atoms with E-state index in [1.54, 1.807) is 0 Å². The Hall–Kier alpha value is -0.610. The Morgan fingerprint density at radius 1 is 1.39 bits per heavy atom. The van der Waals surface area contributed by atoms with Gasteiger partial charge in [0.1, 0.15) is 0 Å². The van der Waals surface area contributed by atoms with E-state index < -0.39 is 0 Å². The summed E-state index contributed by atoms with van der Waals surface area (Å²) in [7, 11) is 2.11. The molecule has 2 rings (SSSR count). The van der Waals surface area contributed by atoms with Crippen LogP contribution >= 0.6 is 0 Å². The van der Waals surface area contributed by atoms with Gasteiger partial charge in [-0.25, -0.2) is 0 Å². The zero-order valence-corrected chi connectivity index (χ0v) is 11.5. The van der Waals surface area contributed by atoms with Crippen molar-refractivity contribution < 1.29 is 4.79 Å². The van der Waals surface area contributed by atoms with Gasteiger partial charge in [-0.1, -0.05) is 12.8 Å². The molecule has 0 aromatic carbocycles. The highest BCUT2D eigenvalue weighted by atomic mass is 16.1. The third kappa shape index (κ3) is 4.25. The molecule has 0 aromatic heterocycles. The number of likely N-dealkylation sites (tertiary alicyclic amines) is 1. The van der Waals surface area contributed by atoms with Crippen molar-refractivity contribution in [2.24, 2.45) is 11.7 Å². The summed E-state index contributed by atoms with van der Waals surface area (Å²) < 4.78 is 0. The summed E-state index contributed by atoms with van der Waals surface area (Å²) in [5, 5.41) is 3.15. The summed E-state index contributed by atoms with van der Waals surface area (Å²) in [6.45, 7) is 2.10. The average molecular weight is 253 g/mol. The van der Waals surface area contributed by atoms with Crippen molar-refractivity contribution >= 4 is 5.91 Å². The smallest absolute Gasteiger partial charge is 0.220 e. The molecule has 3 unspecified atom stereocenters. The highest BCUT2D eigenvalue weighted by Crippen LogP contribution is 2.26. The van der Waals surface area contributed by atoms with Gasteiger partial charge in [-0.2, -0.15) is 0 Å². The summed E-state index contributed by atoms with van der Waals surface area (Å²) >= 11 is 0. The molecule has 0 spiro atoms. The first-order valence-electron chi connectivity index (χ1n) is 7.37. The van der Waals surface area contributed by atoms with Crippen molar-refractivity contribution in [3.8, 4) is 0 Å². The Bertz CT molecular complexity index is 282. The monoisotopic (exact) mass is 253 g/mol. The van der Waals surface area contributed by atoms with Crippen LogP contribution in [-0.4, -0.2) is 43.0 Å². The molecule has 3 atom stereocenters. The van der Waals surface area contributed by atoms with Gasteiger partial charge in [-0.15, -0.1) is 0 Å². The molecular formula is C14H27N3O. The van der Waals surface area contributed by atoms with Gasteiger partial charge in [-0.05, 0) is 45.2 Å². The maximum absolute atomic E-state index is 11.9. The van der Waals surface area contributed by atoms with Gasteiger partial charge in [0.05, 0.1) is 0 Å². The first-order valence-corrected chi connectivity index (χ1v) is 7.37. The fourth-order valence-electron chi connectivity index (χ4n) is 3.28. The van der Waals surface area contributed by atoms with Gasteiger partial charge in [0.2, 0.25) is 5.91 Å². The number of carbonyl (C=O) groups is 1. The lowest BCUT2D eigenvalue weighted by Crippen LogP contribution is -2.37. The molecule has 4 heteroatoms. The minimum Gasteiger partial charge on any atom is -0.352 e. The van der Waals surface area contributed by atoms with Crippen LogP contribution in [0, 0.1) is 5.92 Å². The van der Waals surface area contributed by atoms with E-state index in [1.165, 1.54) is 12.8 Å². The molecule has 0 bridgehead atoms. The van der Waals surface area contributed by atoms with Crippen LogP contribution < -0.4 is 11.1 Å². The number of nitrogens with one attached hydrogen (secondary N) is 1. The second-order valence-corrected chi connectivity index (χ2v) is 6.15. The van der Waals surface area contributed by atoms with Crippen LogP contribution in [0.15, 0.2) is 0 Å². The number of nitrogens with two attached hydrogens (primary N) is 1. The van der Waals surface area contributed by atoms with Crippen molar-refractivity contribution in [2.45, 2.75) is 57.0 Å². The SMILES string of the molecule is CN1CCC(NC(=O)CCC2CCCC(N)C2)C1. The largest absolute Gasteiger partial charge is 0.352 e. The second kappa shape index (κ2) is 6.53. The van der Waals surface area contributed by atoms with E-state index in [-0.39, 0.29) is 5.91 Å². The molecule has 1 heterocycles. The Kier molecular flexibility index (Phi) is 5.01. The van der Waals surface area contributed by atoms with Crippen molar-refractivity contribution in [3.05, 3.63) is 0 Å². The van der Waals surface area contributed by atoms with Crippen molar-refractivity contribution in [1.29, 1.82) is 0 Å². The van der Waals surface area contributed by atoms with Crippen LogP contribution in [0.25, 0.3) is 0 Å².